The van der Waals surface area contributed by atoms with Crippen LogP contribution in [0.1, 0.15) is 17.0 Å². The lowest BCUT2D eigenvalue weighted by Gasteiger charge is -2.14. The zero-order chi connectivity index (χ0) is 22.5. The minimum Gasteiger partial charge on any atom is -0.488 e. The Morgan fingerprint density at radius 3 is 2.16 bits per heavy atom. The summed E-state index contributed by atoms with van der Waals surface area (Å²) in [6, 6.07) is 12.9. The lowest BCUT2D eigenvalue weighted by molar-refractivity contribution is -0.154. The molecule has 0 amide bonds. The lowest BCUT2D eigenvalue weighted by atomic mass is 9.98. The van der Waals surface area contributed by atoms with Gasteiger partial charge in [0.2, 0.25) is 0 Å². The Hall–Kier alpha value is -3.33. The van der Waals surface area contributed by atoms with E-state index >= 15 is 0 Å². The van der Waals surface area contributed by atoms with E-state index in [4.69, 9.17) is 18.9 Å². The van der Waals surface area contributed by atoms with E-state index in [1.165, 1.54) is 32.1 Å². The average molecular weight is 490 g/mol. The van der Waals surface area contributed by atoms with Crippen molar-refractivity contribution in [3.05, 3.63) is 64.3 Å². The highest BCUT2D eigenvalue weighted by Crippen LogP contribution is 2.40. The number of ether oxygens (including phenoxy) is 4. The first-order chi connectivity index (χ1) is 14.9. The van der Waals surface area contributed by atoms with Crippen LogP contribution >= 0.6 is 15.9 Å². The Balaban J connectivity index is 2.16. The molecule has 0 N–H and O–H groups in total. The molecular formula is C22H20BrNO7. The summed E-state index contributed by atoms with van der Waals surface area (Å²) in [6.07, 6.45) is 0.676. The molecule has 0 saturated carbocycles. The number of carbonyl (C=O) groups is 3. The van der Waals surface area contributed by atoms with Crippen molar-refractivity contribution >= 4 is 44.9 Å². The maximum Gasteiger partial charge on any atom is 0.418 e. The zero-order valence-electron chi connectivity index (χ0n) is 17.1. The number of nitrogens with zero attached hydrogens (tertiary/aromatic N) is 1. The number of aromatic nitrogens is 1. The number of hydrogen-bond acceptors (Lipinski definition) is 7. The van der Waals surface area contributed by atoms with Crippen LogP contribution in [0.25, 0.3) is 10.9 Å². The van der Waals surface area contributed by atoms with Crippen molar-refractivity contribution in [2.75, 3.05) is 21.3 Å². The molecule has 3 aromatic rings. The van der Waals surface area contributed by atoms with Crippen LogP contribution in [0.15, 0.2) is 53.1 Å². The fourth-order valence-corrected chi connectivity index (χ4v) is 3.87. The van der Waals surface area contributed by atoms with Gasteiger partial charge in [-0.3, -0.25) is 14.2 Å². The van der Waals surface area contributed by atoms with E-state index in [1.807, 2.05) is 30.3 Å². The molecule has 0 atom stereocenters. The van der Waals surface area contributed by atoms with Crippen molar-refractivity contribution in [1.29, 1.82) is 0 Å². The fraction of sp³-hybridized carbons (Fsp3) is 0.227. The highest BCUT2D eigenvalue weighted by molar-refractivity contribution is 9.10. The Bertz CT molecular complexity index is 1110. The van der Waals surface area contributed by atoms with Gasteiger partial charge in [-0.05, 0) is 33.6 Å². The van der Waals surface area contributed by atoms with E-state index in [0.717, 1.165) is 5.56 Å². The molecule has 162 valence electrons. The average Bonchev–Trinajstić information content (AvgIpc) is 3.18. The topological polar surface area (TPSA) is 93.1 Å². The predicted octanol–water partition coefficient (Wildman–Crippen LogP) is 4.03. The number of fused-ring (bicyclic) bond motifs is 1. The van der Waals surface area contributed by atoms with Crippen LogP contribution < -0.4 is 4.74 Å². The molecule has 0 aliphatic heterocycles. The summed E-state index contributed by atoms with van der Waals surface area (Å²) < 4.78 is 22.0. The number of esters is 2. The number of methoxy groups -OCH3 is 3. The number of benzene rings is 2. The highest BCUT2D eigenvalue weighted by atomic mass is 79.9. The van der Waals surface area contributed by atoms with Gasteiger partial charge in [-0.1, -0.05) is 30.3 Å². The maximum atomic E-state index is 12.4. The van der Waals surface area contributed by atoms with Crippen LogP contribution in [0.2, 0.25) is 0 Å². The highest BCUT2D eigenvalue weighted by Gasteiger charge is 2.35. The summed E-state index contributed by atoms with van der Waals surface area (Å²) in [6.45, 7) is 0.301. The molecule has 0 unspecified atom stereocenters. The number of hydrogen-bond donors (Lipinski definition) is 0. The SMILES string of the molecule is COC(=O)C(C(=O)OC)c1cn(C(=O)OC)c2ccc(OCc3ccccc3)c(Br)c12. The fourth-order valence-electron chi connectivity index (χ4n) is 3.20. The lowest BCUT2D eigenvalue weighted by Crippen LogP contribution is -2.24. The smallest absolute Gasteiger partial charge is 0.418 e. The van der Waals surface area contributed by atoms with E-state index in [1.54, 1.807) is 12.1 Å². The van der Waals surface area contributed by atoms with Gasteiger partial charge in [0.25, 0.3) is 0 Å². The van der Waals surface area contributed by atoms with Crippen molar-refractivity contribution < 1.29 is 33.3 Å². The Labute approximate surface area is 186 Å². The van der Waals surface area contributed by atoms with E-state index in [2.05, 4.69) is 15.9 Å². The molecule has 3 rings (SSSR count). The number of halogens is 1. The first-order valence-electron chi connectivity index (χ1n) is 9.17. The van der Waals surface area contributed by atoms with Gasteiger partial charge in [-0.15, -0.1) is 0 Å². The van der Waals surface area contributed by atoms with Gasteiger partial charge >= 0.3 is 18.0 Å². The van der Waals surface area contributed by atoms with Crippen LogP contribution in [0.3, 0.4) is 0 Å². The molecule has 9 heteroatoms. The van der Waals surface area contributed by atoms with Crippen LogP contribution in [-0.2, 0) is 30.4 Å². The van der Waals surface area contributed by atoms with Gasteiger partial charge in [-0.25, -0.2) is 4.79 Å². The molecule has 1 aromatic heterocycles. The zero-order valence-corrected chi connectivity index (χ0v) is 18.7. The van der Waals surface area contributed by atoms with Crippen LogP contribution in [-0.4, -0.2) is 43.9 Å². The summed E-state index contributed by atoms with van der Waals surface area (Å²) in [5, 5.41) is 0.428. The second-order valence-electron chi connectivity index (χ2n) is 6.45. The monoisotopic (exact) mass is 489 g/mol. The third-order valence-electron chi connectivity index (χ3n) is 4.69. The molecule has 0 fully saturated rings. The summed E-state index contributed by atoms with van der Waals surface area (Å²) in [7, 11) is 3.57. The van der Waals surface area contributed by atoms with Crippen LogP contribution in [0.4, 0.5) is 4.79 Å². The Morgan fingerprint density at radius 1 is 0.935 bits per heavy atom. The molecule has 0 bridgehead atoms. The van der Waals surface area contributed by atoms with Gasteiger partial charge in [-0.2, -0.15) is 0 Å². The van der Waals surface area contributed by atoms with Gasteiger partial charge in [0, 0.05) is 17.1 Å². The summed E-state index contributed by atoms with van der Waals surface area (Å²) in [5.41, 5.74) is 1.60. The molecule has 0 aliphatic carbocycles. The Kier molecular flexibility index (Phi) is 6.96. The molecule has 1 heterocycles. The summed E-state index contributed by atoms with van der Waals surface area (Å²) >= 11 is 3.51. The normalized spacial score (nSPS) is 10.7. The molecule has 0 spiro atoms. The van der Waals surface area contributed by atoms with Crippen molar-refractivity contribution in [3.8, 4) is 5.75 Å². The van der Waals surface area contributed by atoms with Gasteiger partial charge < -0.3 is 18.9 Å². The minimum atomic E-state index is -1.40. The van der Waals surface area contributed by atoms with E-state index in [-0.39, 0.29) is 5.56 Å². The number of rotatable bonds is 6. The molecule has 31 heavy (non-hydrogen) atoms. The van der Waals surface area contributed by atoms with E-state index < -0.39 is 23.9 Å². The Morgan fingerprint density at radius 2 is 1.58 bits per heavy atom. The molecule has 8 nitrogen and oxygen atoms in total. The largest absolute Gasteiger partial charge is 0.488 e. The predicted molar refractivity (Wildman–Crippen MR) is 115 cm³/mol. The van der Waals surface area contributed by atoms with Gasteiger partial charge in [0.15, 0.2) is 5.92 Å². The maximum absolute atomic E-state index is 12.4. The molecule has 2 aromatic carbocycles. The van der Waals surface area contributed by atoms with Gasteiger partial charge in [0.05, 0.1) is 31.3 Å². The quantitative estimate of drug-likeness (QED) is 0.293. The van der Waals surface area contributed by atoms with Crippen molar-refractivity contribution in [3.63, 3.8) is 0 Å². The summed E-state index contributed by atoms with van der Waals surface area (Å²) in [5.74, 6) is -2.57. The van der Waals surface area contributed by atoms with Crippen molar-refractivity contribution in [2.45, 2.75) is 12.5 Å². The molecule has 0 aliphatic rings. The van der Waals surface area contributed by atoms with Crippen molar-refractivity contribution in [1.82, 2.24) is 4.57 Å². The summed E-state index contributed by atoms with van der Waals surface area (Å²) in [4.78, 5) is 37.1. The van der Waals surface area contributed by atoms with Crippen LogP contribution in [0, 0.1) is 0 Å². The minimum absolute atomic E-state index is 0.219. The van der Waals surface area contributed by atoms with Crippen molar-refractivity contribution in [2.24, 2.45) is 0 Å². The first kappa shape index (κ1) is 22.4. The van der Waals surface area contributed by atoms with E-state index in [0.29, 0.717) is 27.7 Å². The second-order valence-corrected chi connectivity index (χ2v) is 7.24. The first-order valence-corrected chi connectivity index (χ1v) is 9.96. The third kappa shape index (κ3) is 4.41. The second kappa shape index (κ2) is 9.65. The number of carbonyl (C=O) groups excluding carboxylic acids is 3. The molecule has 0 radical (unpaired) electrons. The molecular weight excluding hydrogens is 470 g/mol. The van der Waals surface area contributed by atoms with E-state index in [9.17, 15) is 14.4 Å². The molecule has 0 saturated heterocycles. The van der Waals surface area contributed by atoms with Gasteiger partial charge in [0.1, 0.15) is 12.4 Å². The standard InChI is InChI=1S/C22H20BrNO7/c1-28-20(25)18(21(26)29-2)14-11-24(22(27)30-3)15-9-10-16(19(23)17(14)15)31-12-13-7-5-4-6-8-13/h4-11,18H,12H2,1-3H3. The third-order valence-corrected chi connectivity index (χ3v) is 5.48. The van der Waals surface area contributed by atoms with Crippen LogP contribution in [0.5, 0.6) is 5.75 Å².